The molecule has 1 aromatic heterocycles. The van der Waals surface area contributed by atoms with Crippen LogP contribution in [-0.2, 0) is 16.1 Å². The van der Waals surface area contributed by atoms with Crippen LogP contribution in [0.3, 0.4) is 0 Å². The zero-order valence-corrected chi connectivity index (χ0v) is 11.4. The van der Waals surface area contributed by atoms with Crippen LogP contribution in [0.25, 0.3) is 0 Å². The Morgan fingerprint density at radius 1 is 1.61 bits per heavy atom. The Morgan fingerprint density at radius 2 is 2.39 bits per heavy atom. The van der Waals surface area contributed by atoms with Gasteiger partial charge in [-0.25, -0.2) is 0 Å². The molecule has 98 valence electrons. The maximum absolute atomic E-state index is 11.6. The normalized spacial score (nSPS) is 24.2. The second-order valence-corrected chi connectivity index (χ2v) is 5.18. The van der Waals surface area contributed by atoms with Crippen LogP contribution in [0.1, 0.15) is 12.5 Å². The lowest BCUT2D eigenvalue weighted by Gasteiger charge is -2.16. The molecule has 2 unspecified atom stereocenters. The largest absolute Gasteiger partial charge is 0.469 e. The second kappa shape index (κ2) is 5.67. The monoisotopic (exact) mass is 268 g/mol. The maximum atomic E-state index is 11.6. The summed E-state index contributed by atoms with van der Waals surface area (Å²) in [7, 11) is 1.44. The van der Waals surface area contributed by atoms with Gasteiger partial charge in [-0.05, 0) is 17.5 Å². The Hall–Kier alpha value is -1.13. The third-order valence-corrected chi connectivity index (χ3v) is 3.78. The zero-order chi connectivity index (χ0) is 13.1. The summed E-state index contributed by atoms with van der Waals surface area (Å²) in [6, 6.07) is 1.92. The van der Waals surface area contributed by atoms with E-state index in [1.54, 1.807) is 12.4 Å². The topological polar surface area (TPSA) is 42.4 Å². The van der Waals surface area contributed by atoms with Crippen molar-refractivity contribution in [1.82, 2.24) is 9.88 Å². The fourth-order valence-corrected chi connectivity index (χ4v) is 2.61. The van der Waals surface area contributed by atoms with E-state index in [0.29, 0.717) is 10.9 Å². The van der Waals surface area contributed by atoms with Gasteiger partial charge in [0.15, 0.2) is 0 Å². The number of carbonyl (C=O) groups excluding carboxylic acids is 1. The van der Waals surface area contributed by atoms with Gasteiger partial charge in [-0.1, -0.05) is 18.5 Å². The Balaban J connectivity index is 2.01. The number of likely N-dealkylation sites (tertiary alicyclic amines) is 1. The number of pyridine rings is 1. The molecular formula is C13H17ClN2O2. The number of hydrogen-bond acceptors (Lipinski definition) is 4. The molecule has 0 N–H and O–H groups in total. The lowest BCUT2D eigenvalue weighted by molar-refractivity contribution is -0.146. The number of methoxy groups -OCH3 is 1. The fourth-order valence-electron chi connectivity index (χ4n) is 2.43. The minimum atomic E-state index is -0.120. The fraction of sp³-hybridized carbons (Fsp3) is 0.538. The summed E-state index contributed by atoms with van der Waals surface area (Å²) in [5, 5.41) is 0.673. The third-order valence-electron chi connectivity index (χ3n) is 3.44. The lowest BCUT2D eigenvalue weighted by Crippen LogP contribution is -2.24. The van der Waals surface area contributed by atoms with Crippen molar-refractivity contribution in [2.24, 2.45) is 11.8 Å². The Labute approximate surface area is 112 Å². The van der Waals surface area contributed by atoms with Crippen LogP contribution in [0.2, 0.25) is 5.02 Å². The minimum Gasteiger partial charge on any atom is -0.469 e. The Kier molecular flexibility index (Phi) is 4.19. The number of rotatable bonds is 3. The second-order valence-electron chi connectivity index (χ2n) is 4.77. The van der Waals surface area contributed by atoms with Crippen molar-refractivity contribution in [2.75, 3.05) is 20.2 Å². The number of esters is 1. The average Bonchev–Trinajstić information content (AvgIpc) is 2.72. The first-order valence-corrected chi connectivity index (χ1v) is 6.38. The highest BCUT2D eigenvalue weighted by Crippen LogP contribution is 2.26. The molecule has 2 atom stereocenters. The van der Waals surface area contributed by atoms with Gasteiger partial charge in [0, 0.05) is 32.0 Å². The van der Waals surface area contributed by atoms with Crippen molar-refractivity contribution < 1.29 is 9.53 Å². The van der Waals surface area contributed by atoms with Gasteiger partial charge in [0.05, 0.1) is 18.1 Å². The lowest BCUT2D eigenvalue weighted by atomic mass is 9.99. The van der Waals surface area contributed by atoms with Gasteiger partial charge in [-0.15, -0.1) is 0 Å². The van der Waals surface area contributed by atoms with Gasteiger partial charge in [-0.3, -0.25) is 14.7 Å². The summed E-state index contributed by atoms with van der Waals surface area (Å²) in [4.78, 5) is 17.8. The molecule has 18 heavy (non-hydrogen) atoms. The molecule has 0 bridgehead atoms. The molecule has 4 nitrogen and oxygen atoms in total. The molecule has 1 aliphatic rings. The standard InChI is InChI=1S/C13H17ClN2O2/c1-9-6-16(8-11(9)13(17)18-2)7-10-3-4-15-5-12(10)14/h3-5,9,11H,6-8H2,1-2H3. The average molecular weight is 269 g/mol. The minimum absolute atomic E-state index is 0.0318. The van der Waals surface area contributed by atoms with Crippen LogP contribution in [0.15, 0.2) is 18.5 Å². The van der Waals surface area contributed by atoms with Crippen molar-refractivity contribution in [2.45, 2.75) is 13.5 Å². The maximum Gasteiger partial charge on any atom is 0.310 e. The van der Waals surface area contributed by atoms with Crippen LogP contribution in [0.5, 0.6) is 0 Å². The smallest absolute Gasteiger partial charge is 0.310 e. The highest BCUT2D eigenvalue weighted by atomic mass is 35.5. The van der Waals surface area contributed by atoms with Crippen LogP contribution < -0.4 is 0 Å². The predicted octanol–water partition coefficient (Wildman–Crippen LogP) is 1.98. The van der Waals surface area contributed by atoms with Crippen molar-refractivity contribution in [3.8, 4) is 0 Å². The summed E-state index contributed by atoms with van der Waals surface area (Å²) >= 11 is 6.08. The molecule has 1 saturated heterocycles. The van der Waals surface area contributed by atoms with E-state index in [0.717, 1.165) is 25.2 Å². The van der Waals surface area contributed by atoms with Crippen LogP contribution >= 0.6 is 11.6 Å². The van der Waals surface area contributed by atoms with Crippen LogP contribution in [0.4, 0.5) is 0 Å². The van der Waals surface area contributed by atoms with Crippen LogP contribution in [0, 0.1) is 11.8 Å². The molecule has 1 aromatic rings. The third kappa shape index (κ3) is 2.82. The van der Waals surface area contributed by atoms with E-state index >= 15 is 0 Å². The van der Waals surface area contributed by atoms with E-state index in [9.17, 15) is 4.79 Å². The van der Waals surface area contributed by atoms with E-state index in [1.165, 1.54) is 7.11 Å². The van der Waals surface area contributed by atoms with Crippen LogP contribution in [-0.4, -0.2) is 36.1 Å². The van der Waals surface area contributed by atoms with E-state index in [2.05, 4.69) is 16.8 Å². The molecule has 0 spiro atoms. The summed E-state index contributed by atoms with van der Waals surface area (Å²) in [6.45, 7) is 4.44. The highest BCUT2D eigenvalue weighted by molar-refractivity contribution is 6.31. The summed E-state index contributed by atoms with van der Waals surface area (Å²) < 4.78 is 4.83. The molecule has 1 aliphatic heterocycles. The van der Waals surface area contributed by atoms with Crippen molar-refractivity contribution in [3.05, 3.63) is 29.0 Å². The molecule has 2 rings (SSSR count). The van der Waals surface area contributed by atoms with Crippen molar-refractivity contribution in [3.63, 3.8) is 0 Å². The molecule has 0 amide bonds. The SMILES string of the molecule is COC(=O)C1CN(Cc2ccncc2Cl)CC1C. The summed E-state index contributed by atoms with van der Waals surface area (Å²) in [5.41, 5.74) is 1.05. The number of ether oxygens (including phenoxy) is 1. The number of halogens is 1. The number of carbonyl (C=O) groups is 1. The van der Waals surface area contributed by atoms with Gasteiger partial charge < -0.3 is 4.74 Å². The molecule has 0 aliphatic carbocycles. The molecular weight excluding hydrogens is 252 g/mol. The van der Waals surface area contributed by atoms with Crippen molar-refractivity contribution in [1.29, 1.82) is 0 Å². The first kappa shape index (κ1) is 13.3. The van der Waals surface area contributed by atoms with E-state index in [4.69, 9.17) is 16.3 Å². The van der Waals surface area contributed by atoms with E-state index in [1.807, 2.05) is 6.07 Å². The zero-order valence-electron chi connectivity index (χ0n) is 10.6. The summed E-state index contributed by atoms with van der Waals surface area (Å²) in [6.07, 6.45) is 3.38. The Morgan fingerprint density at radius 3 is 3.06 bits per heavy atom. The predicted molar refractivity (Wildman–Crippen MR) is 69.2 cm³/mol. The number of aromatic nitrogens is 1. The molecule has 2 heterocycles. The first-order valence-electron chi connectivity index (χ1n) is 6.00. The molecule has 5 heteroatoms. The molecule has 0 aromatic carbocycles. The molecule has 0 radical (unpaired) electrons. The van der Waals surface area contributed by atoms with Gasteiger partial charge in [0.2, 0.25) is 0 Å². The van der Waals surface area contributed by atoms with Gasteiger partial charge >= 0.3 is 5.97 Å². The van der Waals surface area contributed by atoms with Gasteiger partial charge in [-0.2, -0.15) is 0 Å². The quantitative estimate of drug-likeness (QED) is 0.786. The van der Waals surface area contributed by atoms with E-state index < -0.39 is 0 Å². The number of hydrogen-bond donors (Lipinski definition) is 0. The van der Waals surface area contributed by atoms with Gasteiger partial charge in [0.25, 0.3) is 0 Å². The highest BCUT2D eigenvalue weighted by Gasteiger charge is 2.35. The molecule has 0 saturated carbocycles. The van der Waals surface area contributed by atoms with E-state index in [-0.39, 0.29) is 11.9 Å². The summed E-state index contributed by atoms with van der Waals surface area (Å²) in [5.74, 6) is 0.166. The Bertz CT molecular complexity index is 439. The first-order chi connectivity index (χ1) is 8.61. The molecule has 1 fully saturated rings. The number of nitrogens with zero attached hydrogens (tertiary/aromatic N) is 2. The van der Waals surface area contributed by atoms with Crippen molar-refractivity contribution >= 4 is 17.6 Å². The van der Waals surface area contributed by atoms with Gasteiger partial charge in [0.1, 0.15) is 0 Å².